The minimum absolute atomic E-state index is 0.000470. The highest BCUT2D eigenvalue weighted by molar-refractivity contribution is 5.85. The van der Waals surface area contributed by atoms with Crippen LogP contribution in [0, 0.1) is 0 Å². The number of nitrogens with one attached hydrogen (secondary N) is 1. The standard InChI is InChI=1S/C23H33N7O6/c1-16(31)36-18-9-10-29(13-18)22(33)35-12-11-30-20(26-27-28-30)19(25-21(32)23(2,3)24)15-34-14-17-7-5-4-6-8-17/h4-8,18-19H,9-15,24H2,1-3H3,(H,25,32)/t18-,19-/m1/s1. The highest BCUT2D eigenvalue weighted by Crippen LogP contribution is 2.15. The van der Waals surface area contributed by atoms with Crippen LogP contribution in [0.2, 0.25) is 0 Å². The molecule has 2 amide bonds. The van der Waals surface area contributed by atoms with Gasteiger partial charge in [0, 0.05) is 19.9 Å². The third-order valence-corrected chi connectivity index (χ3v) is 5.42. The fourth-order valence-electron chi connectivity index (χ4n) is 3.55. The molecule has 13 heteroatoms. The number of esters is 1. The summed E-state index contributed by atoms with van der Waals surface area (Å²) in [7, 11) is 0. The van der Waals surface area contributed by atoms with Gasteiger partial charge in [0.1, 0.15) is 18.8 Å². The molecule has 196 valence electrons. The summed E-state index contributed by atoms with van der Waals surface area (Å²) in [6, 6.07) is 8.93. The molecule has 2 atom stereocenters. The summed E-state index contributed by atoms with van der Waals surface area (Å²) in [4.78, 5) is 37.5. The van der Waals surface area contributed by atoms with Gasteiger partial charge in [0.25, 0.3) is 0 Å². The lowest BCUT2D eigenvalue weighted by molar-refractivity contribution is -0.145. The van der Waals surface area contributed by atoms with Crippen LogP contribution in [0.5, 0.6) is 0 Å². The second kappa shape index (κ2) is 12.4. The third-order valence-electron chi connectivity index (χ3n) is 5.42. The van der Waals surface area contributed by atoms with Crippen LogP contribution in [0.3, 0.4) is 0 Å². The van der Waals surface area contributed by atoms with E-state index in [2.05, 4.69) is 20.8 Å². The number of amides is 2. The number of ether oxygens (including phenoxy) is 3. The zero-order valence-electron chi connectivity index (χ0n) is 20.8. The van der Waals surface area contributed by atoms with Gasteiger partial charge in [-0.1, -0.05) is 30.3 Å². The van der Waals surface area contributed by atoms with Crippen molar-refractivity contribution in [3.8, 4) is 0 Å². The zero-order valence-corrected chi connectivity index (χ0v) is 20.8. The van der Waals surface area contributed by atoms with Gasteiger partial charge in [-0.15, -0.1) is 5.10 Å². The molecule has 1 saturated heterocycles. The zero-order chi connectivity index (χ0) is 26.1. The second-order valence-electron chi connectivity index (χ2n) is 9.09. The maximum atomic E-state index is 12.6. The summed E-state index contributed by atoms with van der Waals surface area (Å²) in [5, 5.41) is 14.6. The first-order chi connectivity index (χ1) is 17.1. The molecule has 0 radical (unpaired) electrons. The minimum Gasteiger partial charge on any atom is -0.461 e. The molecule has 36 heavy (non-hydrogen) atoms. The van der Waals surface area contributed by atoms with E-state index in [1.165, 1.54) is 16.5 Å². The van der Waals surface area contributed by atoms with E-state index in [4.69, 9.17) is 19.9 Å². The Kier molecular flexibility index (Phi) is 9.31. The van der Waals surface area contributed by atoms with Crippen molar-refractivity contribution in [2.75, 3.05) is 26.3 Å². The SMILES string of the molecule is CC(=O)O[C@@H]1CCN(C(=O)OCCn2nnnc2[C@@H](COCc2ccccc2)NC(=O)C(C)(C)N)C1. The molecule has 3 rings (SSSR count). The van der Waals surface area contributed by atoms with Gasteiger partial charge in [-0.25, -0.2) is 9.48 Å². The van der Waals surface area contributed by atoms with Crippen LogP contribution in [-0.4, -0.2) is 81.0 Å². The van der Waals surface area contributed by atoms with Gasteiger partial charge in [0.15, 0.2) is 5.82 Å². The van der Waals surface area contributed by atoms with E-state index in [0.717, 1.165) is 5.56 Å². The van der Waals surface area contributed by atoms with Crippen LogP contribution >= 0.6 is 0 Å². The van der Waals surface area contributed by atoms with Crippen molar-refractivity contribution in [2.45, 2.75) is 58.0 Å². The molecule has 0 spiro atoms. The van der Waals surface area contributed by atoms with E-state index in [0.29, 0.717) is 25.4 Å². The van der Waals surface area contributed by atoms with Gasteiger partial charge < -0.3 is 30.2 Å². The van der Waals surface area contributed by atoms with Gasteiger partial charge in [0.2, 0.25) is 5.91 Å². The molecular formula is C23H33N7O6. The summed E-state index contributed by atoms with van der Waals surface area (Å²) in [5.41, 5.74) is 5.80. The maximum Gasteiger partial charge on any atom is 0.409 e. The fourth-order valence-corrected chi connectivity index (χ4v) is 3.55. The Morgan fingerprint density at radius 1 is 1.25 bits per heavy atom. The third kappa shape index (κ3) is 7.99. The van der Waals surface area contributed by atoms with Crippen LogP contribution < -0.4 is 11.1 Å². The predicted octanol–water partition coefficient (Wildman–Crippen LogP) is 0.559. The number of carbonyl (C=O) groups excluding carboxylic acids is 3. The Hall–Kier alpha value is -3.58. The van der Waals surface area contributed by atoms with Crippen LogP contribution in [0.15, 0.2) is 30.3 Å². The number of aromatic nitrogens is 4. The molecule has 1 fully saturated rings. The number of hydrogen-bond donors (Lipinski definition) is 2. The van der Waals surface area contributed by atoms with Crippen LogP contribution in [0.1, 0.15) is 44.6 Å². The van der Waals surface area contributed by atoms with E-state index < -0.39 is 23.6 Å². The quantitative estimate of drug-likeness (QED) is 0.414. The molecule has 3 N–H and O–H groups in total. The molecule has 0 saturated carbocycles. The van der Waals surface area contributed by atoms with Crippen molar-refractivity contribution in [3.63, 3.8) is 0 Å². The Morgan fingerprint density at radius 2 is 2.00 bits per heavy atom. The fraction of sp³-hybridized carbons (Fsp3) is 0.565. The van der Waals surface area contributed by atoms with Gasteiger partial charge in [-0.3, -0.25) is 9.59 Å². The minimum atomic E-state index is -1.12. The van der Waals surface area contributed by atoms with Gasteiger partial charge in [-0.2, -0.15) is 0 Å². The Bertz CT molecular complexity index is 1020. The number of rotatable bonds is 11. The van der Waals surface area contributed by atoms with Crippen molar-refractivity contribution in [2.24, 2.45) is 5.73 Å². The number of hydrogen-bond acceptors (Lipinski definition) is 10. The van der Waals surface area contributed by atoms with Crippen molar-refractivity contribution < 1.29 is 28.6 Å². The van der Waals surface area contributed by atoms with Crippen molar-refractivity contribution in [1.82, 2.24) is 30.4 Å². The average Bonchev–Trinajstić information content (AvgIpc) is 3.48. The summed E-state index contributed by atoms with van der Waals surface area (Å²) in [6.45, 7) is 5.84. The van der Waals surface area contributed by atoms with Gasteiger partial charge >= 0.3 is 12.1 Å². The van der Waals surface area contributed by atoms with E-state index >= 15 is 0 Å². The number of nitrogens with zero attached hydrogens (tertiary/aromatic N) is 5. The van der Waals surface area contributed by atoms with Crippen LogP contribution in [0.25, 0.3) is 0 Å². The van der Waals surface area contributed by atoms with Crippen molar-refractivity contribution in [1.29, 1.82) is 0 Å². The van der Waals surface area contributed by atoms with Gasteiger partial charge in [-0.05, 0) is 29.8 Å². The molecule has 1 aliphatic rings. The van der Waals surface area contributed by atoms with Crippen LogP contribution in [-0.2, 0) is 37.0 Å². The highest BCUT2D eigenvalue weighted by Gasteiger charge is 2.30. The summed E-state index contributed by atoms with van der Waals surface area (Å²) in [5.74, 6) is -0.435. The predicted molar refractivity (Wildman–Crippen MR) is 126 cm³/mol. The topological polar surface area (TPSA) is 164 Å². The normalized spacial score (nSPS) is 16.4. The first-order valence-corrected chi connectivity index (χ1v) is 11.7. The number of likely N-dealkylation sites (tertiary alicyclic amines) is 1. The lowest BCUT2D eigenvalue weighted by atomic mass is 10.1. The highest BCUT2D eigenvalue weighted by atomic mass is 16.6. The molecule has 13 nitrogen and oxygen atoms in total. The smallest absolute Gasteiger partial charge is 0.409 e. The van der Waals surface area contributed by atoms with Crippen LogP contribution in [0.4, 0.5) is 4.79 Å². The van der Waals surface area contributed by atoms with E-state index in [-0.39, 0.29) is 38.4 Å². The molecule has 0 aliphatic carbocycles. The second-order valence-corrected chi connectivity index (χ2v) is 9.09. The number of nitrogens with two attached hydrogens (primary N) is 1. The average molecular weight is 504 g/mol. The molecule has 0 bridgehead atoms. The summed E-state index contributed by atoms with van der Waals surface area (Å²) < 4.78 is 17.8. The molecule has 1 aliphatic heterocycles. The summed E-state index contributed by atoms with van der Waals surface area (Å²) in [6.07, 6.45) is -0.276. The maximum absolute atomic E-state index is 12.6. The largest absolute Gasteiger partial charge is 0.461 e. The Morgan fingerprint density at radius 3 is 2.69 bits per heavy atom. The lowest BCUT2D eigenvalue weighted by Gasteiger charge is -2.24. The lowest BCUT2D eigenvalue weighted by Crippen LogP contribution is -2.51. The molecule has 0 unspecified atom stereocenters. The molecule has 1 aromatic carbocycles. The monoisotopic (exact) mass is 503 g/mol. The van der Waals surface area contributed by atoms with E-state index in [1.54, 1.807) is 13.8 Å². The first-order valence-electron chi connectivity index (χ1n) is 11.7. The number of benzene rings is 1. The van der Waals surface area contributed by atoms with E-state index in [9.17, 15) is 14.4 Å². The Labute approximate surface area is 209 Å². The molecule has 2 aromatic rings. The molecule has 1 aromatic heterocycles. The van der Waals surface area contributed by atoms with Crippen molar-refractivity contribution >= 4 is 18.0 Å². The van der Waals surface area contributed by atoms with Crippen molar-refractivity contribution in [3.05, 3.63) is 41.7 Å². The van der Waals surface area contributed by atoms with E-state index in [1.807, 2.05) is 30.3 Å². The summed E-state index contributed by atoms with van der Waals surface area (Å²) >= 11 is 0. The Balaban J connectivity index is 1.57. The first kappa shape index (κ1) is 27.0. The number of tetrazole rings is 1. The molecule has 2 heterocycles. The number of carbonyl (C=O) groups is 3. The van der Waals surface area contributed by atoms with Gasteiger partial charge in [0.05, 0.1) is 31.8 Å². The molecular weight excluding hydrogens is 470 g/mol.